The predicted octanol–water partition coefficient (Wildman–Crippen LogP) is 1.05. The third-order valence-corrected chi connectivity index (χ3v) is 1.79. The molecule has 0 unspecified atom stereocenters. The van der Waals surface area contributed by atoms with Crippen molar-refractivity contribution in [2.45, 2.75) is 32.7 Å². The first-order chi connectivity index (χ1) is 6.63. The lowest BCUT2D eigenvalue weighted by molar-refractivity contribution is -0.117. The predicted molar refractivity (Wildman–Crippen MR) is 52.8 cm³/mol. The van der Waals surface area contributed by atoms with E-state index >= 15 is 0 Å². The molecule has 0 aliphatic heterocycles. The van der Waals surface area contributed by atoms with Gasteiger partial charge in [0, 0.05) is 0 Å². The quantitative estimate of drug-likeness (QED) is 0.755. The number of hydrogen-bond acceptors (Lipinski definition) is 4. The normalized spacial score (nSPS) is 12.5. The number of anilines is 1. The fraction of sp³-hybridized carbons (Fsp3) is 0.556. The van der Waals surface area contributed by atoms with Gasteiger partial charge < -0.3 is 10.2 Å². The molecule has 3 N–H and O–H groups in total. The number of oxazole rings is 1. The van der Waals surface area contributed by atoms with Gasteiger partial charge in [-0.25, -0.2) is 0 Å². The Morgan fingerprint density at radius 1 is 1.79 bits per heavy atom. The van der Waals surface area contributed by atoms with E-state index in [-0.39, 0.29) is 11.9 Å². The highest BCUT2D eigenvalue weighted by molar-refractivity contribution is 5.92. The summed E-state index contributed by atoms with van der Waals surface area (Å²) in [6.45, 7) is 3.76. The Balaban J connectivity index is 2.48. The first-order valence-corrected chi connectivity index (χ1v) is 4.62. The van der Waals surface area contributed by atoms with Gasteiger partial charge in [-0.1, -0.05) is 13.3 Å². The number of amides is 1. The molecule has 1 aromatic heterocycles. The molecular weight excluding hydrogens is 182 g/mol. The molecule has 14 heavy (non-hydrogen) atoms. The Bertz CT molecular complexity index is 309. The van der Waals surface area contributed by atoms with E-state index in [0.29, 0.717) is 6.42 Å². The van der Waals surface area contributed by atoms with Crippen molar-refractivity contribution in [2.24, 2.45) is 5.73 Å². The van der Waals surface area contributed by atoms with Crippen molar-refractivity contribution in [3.63, 3.8) is 0 Å². The van der Waals surface area contributed by atoms with Gasteiger partial charge in [-0.3, -0.25) is 10.1 Å². The van der Waals surface area contributed by atoms with Crippen molar-refractivity contribution in [2.75, 3.05) is 5.32 Å². The van der Waals surface area contributed by atoms with E-state index in [1.54, 1.807) is 6.92 Å². The molecule has 0 saturated heterocycles. The van der Waals surface area contributed by atoms with Crippen molar-refractivity contribution in [1.29, 1.82) is 0 Å². The van der Waals surface area contributed by atoms with Crippen LogP contribution in [0, 0.1) is 6.92 Å². The maximum atomic E-state index is 11.4. The van der Waals surface area contributed by atoms with Crippen LogP contribution in [0.3, 0.4) is 0 Å². The van der Waals surface area contributed by atoms with Crippen LogP contribution in [-0.4, -0.2) is 16.9 Å². The Morgan fingerprint density at radius 3 is 3.00 bits per heavy atom. The molecule has 1 heterocycles. The van der Waals surface area contributed by atoms with Crippen LogP contribution >= 0.6 is 0 Å². The Kier molecular flexibility index (Phi) is 3.64. The van der Waals surface area contributed by atoms with Crippen LogP contribution in [0.15, 0.2) is 10.7 Å². The highest BCUT2D eigenvalue weighted by Gasteiger charge is 2.14. The zero-order chi connectivity index (χ0) is 10.6. The highest BCUT2D eigenvalue weighted by atomic mass is 16.4. The Labute approximate surface area is 82.7 Å². The van der Waals surface area contributed by atoms with Gasteiger partial charge in [0.1, 0.15) is 6.26 Å². The number of aromatic nitrogens is 1. The summed E-state index contributed by atoms with van der Waals surface area (Å²) >= 11 is 0. The van der Waals surface area contributed by atoms with Crippen molar-refractivity contribution in [3.05, 3.63) is 12.0 Å². The molecule has 5 heteroatoms. The van der Waals surface area contributed by atoms with Gasteiger partial charge in [0.2, 0.25) is 5.91 Å². The maximum absolute atomic E-state index is 11.4. The van der Waals surface area contributed by atoms with Crippen LogP contribution in [0.2, 0.25) is 0 Å². The van der Waals surface area contributed by atoms with Crippen molar-refractivity contribution >= 4 is 11.9 Å². The molecule has 0 fully saturated rings. The van der Waals surface area contributed by atoms with Gasteiger partial charge in [-0.2, -0.15) is 4.98 Å². The first-order valence-electron chi connectivity index (χ1n) is 4.62. The van der Waals surface area contributed by atoms with Crippen molar-refractivity contribution in [3.8, 4) is 0 Å². The lowest BCUT2D eigenvalue weighted by atomic mass is 10.2. The summed E-state index contributed by atoms with van der Waals surface area (Å²) in [5, 5.41) is 2.51. The van der Waals surface area contributed by atoms with E-state index in [4.69, 9.17) is 10.2 Å². The number of nitrogens with zero attached hydrogens (tertiary/aromatic N) is 1. The van der Waals surface area contributed by atoms with Gasteiger partial charge in [0.25, 0.3) is 0 Å². The third-order valence-electron chi connectivity index (χ3n) is 1.79. The molecular formula is C9H15N3O2. The van der Waals surface area contributed by atoms with E-state index in [1.807, 2.05) is 6.92 Å². The lowest BCUT2D eigenvalue weighted by Crippen LogP contribution is -2.35. The number of carbonyl (C=O) groups is 1. The van der Waals surface area contributed by atoms with Crippen LogP contribution < -0.4 is 11.1 Å². The molecule has 5 nitrogen and oxygen atoms in total. The van der Waals surface area contributed by atoms with Crippen LogP contribution in [0.4, 0.5) is 6.01 Å². The SMILES string of the molecule is CCC[C@H](N)C(=O)Nc1nc(C)co1. The standard InChI is InChI=1S/C9H15N3O2/c1-3-4-7(10)8(13)12-9-11-6(2)5-14-9/h5,7H,3-4,10H2,1-2H3,(H,11,12,13)/t7-/m0/s1. The summed E-state index contributed by atoms with van der Waals surface area (Å²) < 4.78 is 4.96. The molecule has 0 spiro atoms. The summed E-state index contributed by atoms with van der Waals surface area (Å²) in [7, 11) is 0. The van der Waals surface area contributed by atoms with Gasteiger partial charge in [-0.15, -0.1) is 0 Å². The minimum atomic E-state index is -0.493. The number of hydrogen-bond donors (Lipinski definition) is 2. The second-order valence-electron chi connectivity index (χ2n) is 3.18. The highest BCUT2D eigenvalue weighted by Crippen LogP contribution is 2.06. The topological polar surface area (TPSA) is 81.2 Å². The van der Waals surface area contributed by atoms with E-state index in [1.165, 1.54) is 6.26 Å². The summed E-state index contributed by atoms with van der Waals surface area (Å²) in [5.74, 6) is -0.256. The molecule has 1 rings (SSSR count). The van der Waals surface area contributed by atoms with E-state index in [9.17, 15) is 4.79 Å². The third kappa shape index (κ3) is 2.85. The van der Waals surface area contributed by atoms with Crippen LogP contribution in [0.1, 0.15) is 25.5 Å². The van der Waals surface area contributed by atoms with E-state index in [0.717, 1.165) is 12.1 Å². The lowest BCUT2D eigenvalue weighted by Gasteiger charge is -2.07. The molecule has 0 aliphatic rings. The van der Waals surface area contributed by atoms with E-state index < -0.39 is 6.04 Å². The average molecular weight is 197 g/mol. The minimum absolute atomic E-state index is 0.207. The summed E-state index contributed by atoms with van der Waals surface area (Å²) in [6.07, 6.45) is 3.01. The number of nitrogens with two attached hydrogens (primary N) is 1. The monoisotopic (exact) mass is 197 g/mol. The smallest absolute Gasteiger partial charge is 0.301 e. The fourth-order valence-electron chi connectivity index (χ4n) is 1.05. The first kappa shape index (κ1) is 10.7. The molecule has 0 saturated carbocycles. The molecule has 0 aromatic carbocycles. The van der Waals surface area contributed by atoms with Crippen LogP contribution in [0.5, 0.6) is 0 Å². The van der Waals surface area contributed by atoms with Crippen molar-refractivity contribution in [1.82, 2.24) is 4.98 Å². The van der Waals surface area contributed by atoms with Gasteiger partial charge >= 0.3 is 6.01 Å². The molecule has 0 radical (unpaired) electrons. The molecule has 1 amide bonds. The van der Waals surface area contributed by atoms with Gasteiger partial charge in [-0.05, 0) is 13.3 Å². The van der Waals surface area contributed by atoms with Crippen molar-refractivity contribution < 1.29 is 9.21 Å². The van der Waals surface area contributed by atoms with Gasteiger partial charge in [0.05, 0.1) is 11.7 Å². The molecule has 0 bridgehead atoms. The summed E-state index contributed by atoms with van der Waals surface area (Å²) in [5.41, 5.74) is 6.33. The second kappa shape index (κ2) is 4.76. The summed E-state index contributed by atoms with van der Waals surface area (Å²) in [6, 6.07) is -0.286. The average Bonchev–Trinajstić information content (AvgIpc) is 2.51. The maximum Gasteiger partial charge on any atom is 0.301 e. The zero-order valence-corrected chi connectivity index (χ0v) is 8.41. The number of carbonyl (C=O) groups excluding carboxylic acids is 1. The van der Waals surface area contributed by atoms with Gasteiger partial charge in [0.15, 0.2) is 0 Å². The number of rotatable bonds is 4. The zero-order valence-electron chi connectivity index (χ0n) is 8.41. The van der Waals surface area contributed by atoms with Crippen LogP contribution in [0.25, 0.3) is 0 Å². The molecule has 1 aromatic rings. The molecule has 78 valence electrons. The Hall–Kier alpha value is -1.36. The molecule has 0 aliphatic carbocycles. The summed E-state index contributed by atoms with van der Waals surface area (Å²) in [4.78, 5) is 15.3. The Morgan fingerprint density at radius 2 is 2.50 bits per heavy atom. The fourth-order valence-corrected chi connectivity index (χ4v) is 1.05. The minimum Gasteiger partial charge on any atom is -0.432 e. The molecule has 1 atom stereocenters. The largest absolute Gasteiger partial charge is 0.432 e. The second-order valence-corrected chi connectivity index (χ2v) is 3.18. The number of nitrogens with one attached hydrogen (secondary N) is 1. The van der Waals surface area contributed by atoms with Crippen LogP contribution in [-0.2, 0) is 4.79 Å². The number of aryl methyl sites for hydroxylation is 1. The van der Waals surface area contributed by atoms with E-state index in [2.05, 4.69) is 10.3 Å².